The van der Waals surface area contributed by atoms with Crippen molar-refractivity contribution in [3.63, 3.8) is 0 Å². The predicted octanol–water partition coefficient (Wildman–Crippen LogP) is 4.16. The summed E-state index contributed by atoms with van der Waals surface area (Å²) in [4.78, 5) is 14.3. The van der Waals surface area contributed by atoms with Gasteiger partial charge in [0.05, 0.1) is 6.04 Å². The van der Waals surface area contributed by atoms with E-state index in [1.807, 2.05) is 43.1 Å². The molecule has 1 amide bonds. The molecule has 26 heavy (non-hydrogen) atoms. The van der Waals surface area contributed by atoms with E-state index in [0.717, 1.165) is 11.3 Å². The summed E-state index contributed by atoms with van der Waals surface area (Å²) in [5.74, 6) is 0.271. The topological polar surface area (TPSA) is 41.6 Å². The van der Waals surface area contributed by atoms with Crippen LogP contribution in [0.4, 0.5) is 10.1 Å². The molecule has 0 fully saturated rings. The van der Waals surface area contributed by atoms with Gasteiger partial charge in [-0.25, -0.2) is 4.39 Å². The van der Waals surface area contributed by atoms with Gasteiger partial charge in [-0.15, -0.1) is 0 Å². The number of carbonyl (C=O) groups excluding carboxylic acids is 1. The number of rotatable bonds is 8. The molecule has 1 N–H and O–H groups in total. The Labute approximate surface area is 154 Å². The van der Waals surface area contributed by atoms with Gasteiger partial charge < -0.3 is 10.1 Å². The molecule has 2 aromatic rings. The lowest BCUT2D eigenvalue weighted by molar-refractivity contribution is -0.120. The second-order valence-corrected chi connectivity index (χ2v) is 6.29. The van der Waals surface area contributed by atoms with E-state index in [9.17, 15) is 9.18 Å². The minimum atomic E-state index is -0.365. The van der Waals surface area contributed by atoms with Crippen LogP contribution in [0.3, 0.4) is 0 Å². The number of benzene rings is 2. The normalized spacial score (nSPS) is 11.9. The largest absolute Gasteiger partial charge is 0.490 e. The van der Waals surface area contributed by atoms with Gasteiger partial charge in [0.1, 0.15) is 18.2 Å². The van der Waals surface area contributed by atoms with E-state index in [2.05, 4.69) is 11.9 Å². The van der Waals surface area contributed by atoms with Gasteiger partial charge >= 0.3 is 0 Å². The van der Waals surface area contributed by atoms with E-state index in [-0.39, 0.29) is 17.8 Å². The van der Waals surface area contributed by atoms with Crippen molar-refractivity contribution < 1.29 is 13.9 Å². The maximum Gasteiger partial charge on any atom is 0.241 e. The first kappa shape index (κ1) is 19.7. The number of halogens is 1. The Hall–Kier alpha value is -2.66. The van der Waals surface area contributed by atoms with Gasteiger partial charge in [-0.3, -0.25) is 9.69 Å². The molecule has 0 bridgehead atoms. The second kappa shape index (κ2) is 9.15. The summed E-state index contributed by atoms with van der Waals surface area (Å²) < 4.78 is 19.1. The summed E-state index contributed by atoms with van der Waals surface area (Å²) >= 11 is 0. The fourth-order valence-electron chi connectivity index (χ4n) is 2.39. The van der Waals surface area contributed by atoms with Gasteiger partial charge in [0.25, 0.3) is 0 Å². The first-order valence-corrected chi connectivity index (χ1v) is 8.50. The van der Waals surface area contributed by atoms with Crippen molar-refractivity contribution in [3.8, 4) is 5.75 Å². The van der Waals surface area contributed by atoms with Crippen LogP contribution < -0.4 is 10.1 Å². The van der Waals surface area contributed by atoms with Crippen LogP contribution in [0, 0.1) is 12.7 Å². The lowest BCUT2D eigenvalue weighted by Crippen LogP contribution is -2.39. The van der Waals surface area contributed by atoms with Gasteiger partial charge in [-0.2, -0.15) is 0 Å². The van der Waals surface area contributed by atoms with Crippen molar-refractivity contribution in [3.05, 3.63) is 72.1 Å². The summed E-state index contributed by atoms with van der Waals surface area (Å²) in [6.07, 6.45) is 1.70. The van der Waals surface area contributed by atoms with E-state index < -0.39 is 0 Å². The number of carbonyl (C=O) groups is 1. The quantitative estimate of drug-likeness (QED) is 0.722. The highest BCUT2D eigenvalue weighted by atomic mass is 19.1. The third kappa shape index (κ3) is 5.43. The molecular weight excluding hydrogens is 331 g/mol. The van der Waals surface area contributed by atoms with Crippen molar-refractivity contribution in [1.82, 2.24) is 4.90 Å². The number of ether oxygens (including phenoxy) is 1. The summed E-state index contributed by atoms with van der Waals surface area (Å²) in [6.45, 7) is 8.20. The van der Waals surface area contributed by atoms with E-state index >= 15 is 0 Å². The van der Waals surface area contributed by atoms with Crippen LogP contribution in [0.5, 0.6) is 5.75 Å². The molecule has 2 aromatic carbocycles. The molecule has 0 radical (unpaired) electrons. The number of hydrogen-bond acceptors (Lipinski definition) is 3. The van der Waals surface area contributed by atoms with Crippen LogP contribution in [0.1, 0.15) is 18.1 Å². The summed E-state index contributed by atoms with van der Waals surface area (Å²) in [5.41, 5.74) is 2.08. The number of hydrogen-bond donors (Lipinski definition) is 1. The number of likely N-dealkylation sites (N-methyl/N-ethyl adjacent to an activating group) is 1. The molecule has 0 heterocycles. The Kier molecular flexibility index (Phi) is 6.92. The van der Waals surface area contributed by atoms with Crippen molar-refractivity contribution in [2.75, 3.05) is 19.0 Å². The first-order chi connectivity index (χ1) is 12.4. The molecule has 0 aliphatic rings. The van der Waals surface area contributed by atoms with Crippen LogP contribution in [-0.2, 0) is 11.3 Å². The van der Waals surface area contributed by atoms with Crippen LogP contribution >= 0.6 is 0 Å². The molecule has 5 heteroatoms. The Morgan fingerprint density at radius 1 is 1.31 bits per heavy atom. The number of anilines is 1. The van der Waals surface area contributed by atoms with Gasteiger partial charge in [0.2, 0.25) is 5.91 Å². The SMILES string of the molecule is C=CCOc1ccc(CN(C)C(C)C(=O)Nc2ccc(C)c(F)c2)cc1. The average Bonchev–Trinajstić information content (AvgIpc) is 2.63. The fourth-order valence-corrected chi connectivity index (χ4v) is 2.39. The molecule has 4 nitrogen and oxygen atoms in total. The first-order valence-electron chi connectivity index (χ1n) is 8.50. The highest BCUT2D eigenvalue weighted by Gasteiger charge is 2.18. The van der Waals surface area contributed by atoms with Gasteiger partial charge in [-0.05, 0) is 56.3 Å². The standard InChI is InChI=1S/C21H25FN2O2/c1-5-12-26-19-10-7-17(8-11-19)14-24(4)16(3)21(25)23-18-9-6-15(2)20(22)13-18/h5-11,13,16H,1,12,14H2,2-4H3,(H,23,25). The zero-order chi connectivity index (χ0) is 19.1. The van der Waals surface area contributed by atoms with Gasteiger partial charge in [-0.1, -0.05) is 30.9 Å². The molecule has 2 rings (SSSR count). The monoisotopic (exact) mass is 356 g/mol. The van der Waals surface area contributed by atoms with Crippen LogP contribution in [0.25, 0.3) is 0 Å². The molecule has 1 atom stereocenters. The average molecular weight is 356 g/mol. The van der Waals surface area contributed by atoms with Crippen molar-refractivity contribution in [2.24, 2.45) is 0 Å². The van der Waals surface area contributed by atoms with Gasteiger partial charge in [0.15, 0.2) is 0 Å². The highest BCUT2D eigenvalue weighted by Crippen LogP contribution is 2.16. The Bertz CT molecular complexity index is 759. The molecule has 0 aliphatic heterocycles. The van der Waals surface area contributed by atoms with Crippen molar-refractivity contribution in [2.45, 2.75) is 26.4 Å². The van der Waals surface area contributed by atoms with E-state index in [4.69, 9.17) is 4.74 Å². The van der Waals surface area contributed by atoms with Gasteiger partial charge in [0, 0.05) is 12.2 Å². The molecule has 0 aliphatic carbocycles. The third-order valence-electron chi connectivity index (χ3n) is 4.20. The van der Waals surface area contributed by atoms with E-state index in [0.29, 0.717) is 24.4 Å². The second-order valence-electron chi connectivity index (χ2n) is 6.29. The Morgan fingerprint density at radius 2 is 2.00 bits per heavy atom. The van der Waals surface area contributed by atoms with Crippen LogP contribution in [-0.4, -0.2) is 30.5 Å². The number of aryl methyl sites for hydroxylation is 1. The van der Waals surface area contributed by atoms with Crippen molar-refractivity contribution >= 4 is 11.6 Å². The Balaban J connectivity index is 1.93. The highest BCUT2D eigenvalue weighted by molar-refractivity contribution is 5.94. The van der Waals surface area contributed by atoms with Crippen LogP contribution in [0.15, 0.2) is 55.1 Å². The zero-order valence-electron chi connectivity index (χ0n) is 15.5. The Morgan fingerprint density at radius 3 is 2.62 bits per heavy atom. The van der Waals surface area contributed by atoms with Crippen molar-refractivity contribution in [1.29, 1.82) is 0 Å². The van der Waals surface area contributed by atoms with E-state index in [1.165, 1.54) is 6.07 Å². The molecule has 0 saturated heterocycles. The minimum Gasteiger partial charge on any atom is -0.490 e. The maximum atomic E-state index is 13.6. The van der Waals surface area contributed by atoms with E-state index in [1.54, 1.807) is 25.1 Å². The zero-order valence-corrected chi connectivity index (χ0v) is 15.5. The maximum absolute atomic E-state index is 13.6. The van der Waals surface area contributed by atoms with Crippen LogP contribution in [0.2, 0.25) is 0 Å². The summed E-state index contributed by atoms with van der Waals surface area (Å²) in [5, 5.41) is 2.76. The summed E-state index contributed by atoms with van der Waals surface area (Å²) in [7, 11) is 1.88. The molecule has 1 unspecified atom stereocenters. The minimum absolute atomic E-state index is 0.179. The predicted molar refractivity (Wildman–Crippen MR) is 103 cm³/mol. The molecule has 0 aromatic heterocycles. The molecule has 0 spiro atoms. The lowest BCUT2D eigenvalue weighted by atomic mass is 10.1. The smallest absolute Gasteiger partial charge is 0.241 e. The molecule has 0 saturated carbocycles. The molecular formula is C21H25FN2O2. The fraction of sp³-hybridized carbons (Fsp3) is 0.286. The lowest BCUT2D eigenvalue weighted by Gasteiger charge is -2.24. The third-order valence-corrected chi connectivity index (χ3v) is 4.20. The molecule has 138 valence electrons. The summed E-state index contributed by atoms with van der Waals surface area (Å²) in [6, 6.07) is 12.0. The number of nitrogens with zero attached hydrogens (tertiary/aromatic N) is 1. The number of nitrogens with one attached hydrogen (secondary N) is 1. The number of amides is 1.